The zero-order chi connectivity index (χ0) is 27.5. The van der Waals surface area contributed by atoms with Crippen molar-refractivity contribution in [3.63, 3.8) is 0 Å². The molecule has 4 rings (SSSR count). The smallest absolute Gasteiger partial charge is 0.261 e. The predicted molar refractivity (Wildman–Crippen MR) is 163 cm³/mol. The molecule has 0 aliphatic heterocycles. The van der Waals surface area contributed by atoms with Crippen LogP contribution in [0.2, 0.25) is 0 Å². The predicted octanol–water partition coefficient (Wildman–Crippen LogP) is 6.77. The topological polar surface area (TPSA) is 79.5 Å². The number of carbonyl (C=O) groups is 2. The van der Waals surface area contributed by atoms with Crippen LogP contribution in [-0.4, -0.2) is 23.5 Å². The molecule has 4 aromatic carbocycles. The summed E-state index contributed by atoms with van der Waals surface area (Å²) < 4.78 is 6.68. The minimum Gasteiger partial charge on any atom is -0.492 e. The number of carbonyl (C=O) groups excluding carboxylic acids is 2. The zero-order valence-electron chi connectivity index (χ0n) is 21.2. The normalized spacial score (nSPS) is 10.4. The van der Waals surface area contributed by atoms with Crippen molar-refractivity contribution in [2.24, 2.45) is 0 Å². The Kier molecular flexibility index (Phi) is 10.2. The fourth-order valence-electron chi connectivity index (χ4n) is 3.86. The summed E-state index contributed by atoms with van der Waals surface area (Å²) in [4.78, 5) is 25.5. The van der Waals surface area contributed by atoms with Gasteiger partial charge in [-0.15, -0.1) is 0 Å². The Morgan fingerprint density at radius 2 is 1.38 bits per heavy atom. The fourth-order valence-corrected chi connectivity index (χ4v) is 4.43. The standard InChI is InChI=1S/C31H28BrN3O3S/c32-24-15-16-28(38-19-18-23-10-5-2-6-11-23)27(20-24)30(37)35-31(39)34-26-13-7-12-25(21-26)33-29(36)17-14-22-8-3-1-4-9-22/h1-13,15-16,20-21H,14,17-19H2,(H,33,36)(H2,34,35,37,39). The third kappa shape index (κ3) is 9.05. The number of halogens is 1. The van der Waals surface area contributed by atoms with Gasteiger partial charge in [0.2, 0.25) is 5.91 Å². The first-order valence-electron chi connectivity index (χ1n) is 12.5. The molecule has 0 fully saturated rings. The number of anilines is 2. The lowest BCUT2D eigenvalue weighted by molar-refractivity contribution is -0.116. The first-order valence-corrected chi connectivity index (χ1v) is 13.7. The van der Waals surface area contributed by atoms with Crippen LogP contribution >= 0.6 is 28.1 Å². The van der Waals surface area contributed by atoms with Crippen LogP contribution in [0.15, 0.2) is 108 Å². The second kappa shape index (κ2) is 14.2. The van der Waals surface area contributed by atoms with E-state index in [4.69, 9.17) is 17.0 Å². The van der Waals surface area contributed by atoms with Gasteiger partial charge in [-0.2, -0.15) is 0 Å². The van der Waals surface area contributed by atoms with Gasteiger partial charge in [0.15, 0.2) is 5.11 Å². The highest BCUT2D eigenvalue weighted by atomic mass is 79.9. The van der Waals surface area contributed by atoms with Crippen molar-refractivity contribution in [1.29, 1.82) is 0 Å². The van der Waals surface area contributed by atoms with Crippen molar-refractivity contribution >= 4 is 56.4 Å². The van der Waals surface area contributed by atoms with E-state index in [2.05, 4.69) is 31.9 Å². The molecule has 6 nitrogen and oxygen atoms in total. The van der Waals surface area contributed by atoms with Crippen molar-refractivity contribution in [1.82, 2.24) is 5.32 Å². The van der Waals surface area contributed by atoms with Crippen LogP contribution in [0.25, 0.3) is 0 Å². The number of ether oxygens (including phenoxy) is 1. The molecule has 0 radical (unpaired) electrons. The second-order valence-corrected chi connectivity index (χ2v) is 10.1. The van der Waals surface area contributed by atoms with E-state index >= 15 is 0 Å². The van der Waals surface area contributed by atoms with Gasteiger partial charge in [-0.3, -0.25) is 14.9 Å². The lowest BCUT2D eigenvalue weighted by Gasteiger charge is -2.14. The monoisotopic (exact) mass is 601 g/mol. The van der Waals surface area contributed by atoms with Crippen LogP contribution in [0.4, 0.5) is 11.4 Å². The number of hydrogen-bond acceptors (Lipinski definition) is 4. The largest absolute Gasteiger partial charge is 0.492 e. The molecule has 0 bridgehead atoms. The number of hydrogen-bond donors (Lipinski definition) is 3. The minimum absolute atomic E-state index is 0.0821. The van der Waals surface area contributed by atoms with Gasteiger partial charge in [-0.1, -0.05) is 82.7 Å². The summed E-state index contributed by atoms with van der Waals surface area (Å²) in [6.07, 6.45) is 1.75. The van der Waals surface area contributed by atoms with Crippen LogP contribution in [0.3, 0.4) is 0 Å². The van der Waals surface area contributed by atoms with Gasteiger partial charge in [0.05, 0.1) is 12.2 Å². The maximum absolute atomic E-state index is 13.1. The van der Waals surface area contributed by atoms with E-state index in [9.17, 15) is 9.59 Å². The average Bonchev–Trinajstić information content (AvgIpc) is 2.94. The van der Waals surface area contributed by atoms with Gasteiger partial charge < -0.3 is 15.4 Å². The molecule has 2 amide bonds. The Morgan fingerprint density at radius 3 is 2.08 bits per heavy atom. The van der Waals surface area contributed by atoms with E-state index in [0.29, 0.717) is 42.1 Å². The molecule has 0 saturated heterocycles. The molecule has 0 atom stereocenters. The first kappa shape index (κ1) is 28.0. The van der Waals surface area contributed by atoms with Gasteiger partial charge in [0.1, 0.15) is 5.75 Å². The lowest BCUT2D eigenvalue weighted by atomic mass is 10.1. The van der Waals surface area contributed by atoms with E-state index in [1.165, 1.54) is 0 Å². The molecule has 0 aliphatic rings. The van der Waals surface area contributed by atoms with E-state index in [1.54, 1.807) is 36.4 Å². The molecule has 8 heteroatoms. The molecule has 0 heterocycles. The highest BCUT2D eigenvalue weighted by Gasteiger charge is 2.15. The zero-order valence-corrected chi connectivity index (χ0v) is 23.6. The molecule has 0 aromatic heterocycles. The van der Waals surface area contributed by atoms with E-state index < -0.39 is 5.91 Å². The maximum atomic E-state index is 13.1. The number of aryl methyl sites for hydroxylation is 1. The third-order valence-electron chi connectivity index (χ3n) is 5.79. The summed E-state index contributed by atoms with van der Waals surface area (Å²) in [5, 5.41) is 8.75. The van der Waals surface area contributed by atoms with E-state index in [0.717, 1.165) is 22.0 Å². The molecular formula is C31H28BrN3O3S. The molecule has 0 aliphatic carbocycles. The fraction of sp³-hybridized carbons (Fsp3) is 0.129. The van der Waals surface area contributed by atoms with Crippen molar-refractivity contribution in [3.8, 4) is 5.75 Å². The summed E-state index contributed by atoms with van der Waals surface area (Å²) in [5.41, 5.74) is 3.89. The maximum Gasteiger partial charge on any atom is 0.261 e. The van der Waals surface area contributed by atoms with E-state index in [1.807, 2.05) is 66.7 Å². The number of thiocarbonyl (C=S) groups is 1. The Balaban J connectivity index is 1.31. The van der Waals surface area contributed by atoms with Gasteiger partial charge in [-0.05, 0) is 66.2 Å². The minimum atomic E-state index is -0.395. The van der Waals surface area contributed by atoms with Gasteiger partial charge in [0.25, 0.3) is 5.91 Å². The average molecular weight is 603 g/mol. The summed E-state index contributed by atoms with van der Waals surface area (Å²) in [7, 11) is 0. The summed E-state index contributed by atoms with van der Waals surface area (Å²) in [5.74, 6) is -0.00939. The Morgan fingerprint density at radius 1 is 0.744 bits per heavy atom. The Hall–Kier alpha value is -4.01. The molecule has 4 aromatic rings. The van der Waals surface area contributed by atoms with E-state index in [-0.39, 0.29) is 11.0 Å². The number of nitrogens with one attached hydrogen (secondary N) is 3. The Bertz CT molecular complexity index is 1430. The van der Waals surface area contributed by atoms with Gasteiger partial charge >= 0.3 is 0 Å². The van der Waals surface area contributed by atoms with Crippen molar-refractivity contribution in [2.75, 3.05) is 17.2 Å². The molecule has 0 saturated carbocycles. The van der Waals surface area contributed by atoms with Gasteiger partial charge in [0, 0.05) is 28.7 Å². The van der Waals surface area contributed by atoms with Gasteiger partial charge in [-0.25, -0.2) is 0 Å². The van der Waals surface area contributed by atoms with Crippen molar-refractivity contribution in [3.05, 3.63) is 124 Å². The number of rotatable bonds is 10. The third-order valence-corrected chi connectivity index (χ3v) is 6.49. The van der Waals surface area contributed by atoms with Crippen LogP contribution in [-0.2, 0) is 17.6 Å². The second-order valence-electron chi connectivity index (χ2n) is 8.75. The van der Waals surface area contributed by atoms with Crippen LogP contribution in [0, 0.1) is 0 Å². The van der Waals surface area contributed by atoms with Crippen molar-refractivity contribution < 1.29 is 14.3 Å². The highest BCUT2D eigenvalue weighted by molar-refractivity contribution is 9.10. The Labute approximate surface area is 241 Å². The summed E-state index contributed by atoms with van der Waals surface area (Å²) in [6, 6.07) is 32.3. The first-order chi connectivity index (χ1) is 19.0. The van der Waals surface area contributed by atoms with Crippen LogP contribution in [0.5, 0.6) is 5.75 Å². The lowest BCUT2D eigenvalue weighted by Crippen LogP contribution is -2.34. The molecular weight excluding hydrogens is 574 g/mol. The number of benzene rings is 4. The molecule has 39 heavy (non-hydrogen) atoms. The molecule has 0 spiro atoms. The quantitative estimate of drug-likeness (QED) is 0.175. The molecule has 198 valence electrons. The summed E-state index contributed by atoms with van der Waals surface area (Å²) in [6.45, 7) is 0.429. The SMILES string of the molecule is O=C(CCc1ccccc1)Nc1cccc(NC(=S)NC(=O)c2cc(Br)ccc2OCCc2ccccc2)c1. The molecule has 0 unspecified atom stereocenters. The van der Waals surface area contributed by atoms with Crippen LogP contribution in [0.1, 0.15) is 27.9 Å². The highest BCUT2D eigenvalue weighted by Crippen LogP contribution is 2.24. The van der Waals surface area contributed by atoms with Crippen LogP contribution < -0.4 is 20.7 Å². The summed E-state index contributed by atoms with van der Waals surface area (Å²) >= 11 is 8.81. The molecule has 3 N–H and O–H groups in total. The van der Waals surface area contributed by atoms with Crippen molar-refractivity contribution in [2.45, 2.75) is 19.3 Å². The number of amides is 2.